The van der Waals surface area contributed by atoms with Gasteiger partial charge in [0.1, 0.15) is 0 Å². The van der Waals surface area contributed by atoms with Crippen LogP contribution in [0.2, 0.25) is 5.02 Å². The number of hydrogen-bond acceptors (Lipinski definition) is 3. The summed E-state index contributed by atoms with van der Waals surface area (Å²) in [7, 11) is 0. The first-order valence-corrected chi connectivity index (χ1v) is 8.24. The minimum Gasteiger partial charge on any atom is -0.336 e. The van der Waals surface area contributed by atoms with E-state index in [2.05, 4.69) is 10.2 Å². The molecule has 1 N–H and O–H groups in total. The number of halogens is 4. The number of nitrogens with zero attached hydrogens (tertiary/aromatic N) is 2. The molecule has 3 rings (SSSR count). The van der Waals surface area contributed by atoms with Crippen molar-refractivity contribution in [1.29, 1.82) is 0 Å². The maximum Gasteiger partial charge on any atom is 0.350 e. The lowest BCUT2D eigenvalue weighted by molar-refractivity contribution is -0.158. The molecule has 2 aliphatic rings. The Bertz CT molecular complexity index is 582. The molecular weight excluding hydrogens is 359 g/mol. The number of carbonyl (C=O) groups excluding carboxylic acids is 1. The van der Waals surface area contributed by atoms with Gasteiger partial charge in [-0.05, 0) is 18.6 Å². The van der Waals surface area contributed by atoms with Gasteiger partial charge in [0.05, 0.1) is 0 Å². The highest BCUT2D eigenvalue weighted by atomic mass is 35.5. The van der Waals surface area contributed by atoms with E-state index in [1.54, 1.807) is 0 Å². The van der Waals surface area contributed by atoms with E-state index in [0.717, 1.165) is 38.7 Å². The largest absolute Gasteiger partial charge is 0.350 e. The number of carbonyl (C=O) groups is 1. The van der Waals surface area contributed by atoms with Gasteiger partial charge in [0.25, 0.3) is 5.91 Å². The molecule has 2 fully saturated rings. The van der Waals surface area contributed by atoms with E-state index >= 15 is 0 Å². The average molecular weight is 380 g/mol. The highest BCUT2D eigenvalue weighted by Crippen LogP contribution is 2.33. The van der Waals surface area contributed by atoms with Crippen LogP contribution < -0.4 is 5.32 Å². The minimum atomic E-state index is -3.54. The Morgan fingerprint density at radius 3 is 2.62 bits per heavy atom. The van der Waals surface area contributed by atoms with E-state index in [1.165, 1.54) is 23.1 Å². The summed E-state index contributed by atoms with van der Waals surface area (Å²) in [6, 6.07) is 5.53. The van der Waals surface area contributed by atoms with Crippen LogP contribution in [-0.4, -0.2) is 61.0 Å². The molecule has 1 amide bonds. The van der Waals surface area contributed by atoms with E-state index in [9.17, 15) is 13.6 Å². The number of nitrogens with one attached hydrogen (secondary N) is 1. The third kappa shape index (κ3) is 3.99. The van der Waals surface area contributed by atoms with Gasteiger partial charge in [-0.3, -0.25) is 9.69 Å². The molecule has 2 heterocycles. The summed E-state index contributed by atoms with van der Waals surface area (Å²) in [6.45, 7) is 4.36. The van der Waals surface area contributed by atoms with Gasteiger partial charge < -0.3 is 10.2 Å². The van der Waals surface area contributed by atoms with Gasteiger partial charge >= 0.3 is 5.92 Å². The first-order valence-electron chi connectivity index (χ1n) is 7.86. The molecule has 2 aliphatic heterocycles. The second-order valence-electron chi connectivity index (χ2n) is 6.06. The predicted molar refractivity (Wildman–Crippen MR) is 92.0 cm³/mol. The van der Waals surface area contributed by atoms with Gasteiger partial charge in [-0.25, -0.2) is 0 Å². The van der Waals surface area contributed by atoms with Crippen molar-refractivity contribution < 1.29 is 13.6 Å². The fraction of sp³-hybridized carbons (Fsp3) is 0.562. The molecule has 0 saturated carbocycles. The fourth-order valence-corrected chi connectivity index (χ4v) is 3.47. The summed E-state index contributed by atoms with van der Waals surface area (Å²) in [5.74, 6) is -4.67. The van der Waals surface area contributed by atoms with Crippen LogP contribution in [0.5, 0.6) is 0 Å². The Morgan fingerprint density at radius 2 is 1.96 bits per heavy atom. The summed E-state index contributed by atoms with van der Waals surface area (Å²) in [5.41, 5.74) is -0.347. The van der Waals surface area contributed by atoms with E-state index in [4.69, 9.17) is 11.6 Å². The zero-order chi connectivity index (χ0) is 16.4. The van der Waals surface area contributed by atoms with Gasteiger partial charge in [0.2, 0.25) is 0 Å². The number of piperazine rings is 1. The number of likely N-dealkylation sites (tertiary alicyclic amines) is 1. The zero-order valence-corrected chi connectivity index (χ0v) is 14.8. The Morgan fingerprint density at radius 1 is 1.25 bits per heavy atom. The van der Waals surface area contributed by atoms with E-state index in [0.29, 0.717) is 13.1 Å². The van der Waals surface area contributed by atoms with Crippen molar-refractivity contribution >= 4 is 29.9 Å². The Hall–Kier alpha value is -0.950. The van der Waals surface area contributed by atoms with Gasteiger partial charge in [-0.2, -0.15) is 8.78 Å². The Labute approximate surface area is 151 Å². The SMILES string of the molecule is Cl.O=C(N1CCC(N2CCNCC2)C1)C(F)(F)c1cccc(Cl)c1. The standard InChI is InChI=1S/C16H20ClF2N3O.ClH/c17-13-3-1-2-12(10-13)16(18,19)15(23)22-7-4-14(11-22)21-8-5-20-6-9-21;/h1-3,10,14,20H,4-9,11H2;1H. The van der Waals surface area contributed by atoms with Crippen LogP contribution >= 0.6 is 24.0 Å². The molecule has 2 saturated heterocycles. The molecule has 8 heteroatoms. The summed E-state index contributed by atoms with van der Waals surface area (Å²) in [6.07, 6.45) is 0.747. The zero-order valence-electron chi connectivity index (χ0n) is 13.2. The van der Waals surface area contributed by atoms with Gasteiger partial charge in [-0.1, -0.05) is 23.7 Å². The fourth-order valence-electron chi connectivity index (χ4n) is 3.28. The molecule has 0 spiro atoms. The topological polar surface area (TPSA) is 35.6 Å². The molecule has 1 unspecified atom stereocenters. The lowest BCUT2D eigenvalue weighted by Gasteiger charge is -2.32. The van der Waals surface area contributed by atoms with Crippen molar-refractivity contribution in [1.82, 2.24) is 15.1 Å². The van der Waals surface area contributed by atoms with Gasteiger partial charge in [-0.15, -0.1) is 12.4 Å². The summed E-state index contributed by atoms with van der Waals surface area (Å²) in [5, 5.41) is 3.47. The number of alkyl halides is 2. The van der Waals surface area contributed by atoms with E-state index < -0.39 is 11.8 Å². The van der Waals surface area contributed by atoms with Crippen molar-refractivity contribution in [2.75, 3.05) is 39.3 Å². The smallest absolute Gasteiger partial charge is 0.336 e. The van der Waals surface area contributed by atoms with Crippen molar-refractivity contribution in [3.05, 3.63) is 34.9 Å². The Balaban J connectivity index is 0.00000208. The van der Waals surface area contributed by atoms with Crippen molar-refractivity contribution in [3.8, 4) is 0 Å². The summed E-state index contributed by atoms with van der Waals surface area (Å²) in [4.78, 5) is 15.9. The summed E-state index contributed by atoms with van der Waals surface area (Å²) >= 11 is 5.77. The highest BCUT2D eigenvalue weighted by Gasteiger charge is 2.46. The van der Waals surface area contributed by atoms with Crippen molar-refractivity contribution in [3.63, 3.8) is 0 Å². The second kappa shape index (κ2) is 7.95. The first kappa shape index (κ1) is 19.4. The molecule has 0 aliphatic carbocycles. The quantitative estimate of drug-likeness (QED) is 0.875. The molecule has 0 radical (unpaired) electrons. The monoisotopic (exact) mass is 379 g/mol. The van der Waals surface area contributed by atoms with Crippen LogP contribution in [-0.2, 0) is 10.7 Å². The predicted octanol–water partition coefficient (Wildman–Crippen LogP) is 2.36. The van der Waals surface area contributed by atoms with Gasteiger partial charge in [0.15, 0.2) is 0 Å². The normalized spacial score (nSPS) is 22.3. The number of amides is 1. The van der Waals surface area contributed by atoms with E-state index in [1.807, 2.05) is 0 Å². The molecule has 1 aromatic carbocycles. The van der Waals surface area contributed by atoms with Gasteiger partial charge in [0, 0.05) is 55.9 Å². The lowest BCUT2D eigenvalue weighted by atomic mass is 10.1. The average Bonchev–Trinajstić information content (AvgIpc) is 3.05. The maximum atomic E-state index is 14.5. The molecule has 24 heavy (non-hydrogen) atoms. The molecule has 4 nitrogen and oxygen atoms in total. The van der Waals surface area contributed by atoms with Crippen LogP contribution in [0.3, 0.4) is 0 Å². The van der Waals surface area contributed by atoms with E-state index in [-0.39, 0.29) is 29.0 Å². The molecule has 0 aromatic heterocycles. The highest BCUT2D eigenvalue weighted by molar-refractivity contribution is 6.30. The molecule has 1 atom stereocenters. The van der Waals surface area contributed by atoms with Crippen LogP contribution in [0, 0.1) is 0 Å². The molecule has 1 aromatic rings. The molecule has 134 valence electrons. The van der Waals surface area contributed by atoms with Crippen LogP contribution in [0.15, 0.2) is 24.3 Å². The maximum absolute atomic E-state index is 14.5. The van der Waals surface area contributed by atoms with Crippen LogP contribution in [0.25, 0.3) is 0 Å². The number of hydrogen-bond donors (Lipinski definition) is 1. The third-order valence-electron chi connectivity index (χ3n) is 4.57. The number of rotatable bonds is 3. The first-order chi connectivity index (χ1) is 11.0. The molecule has 0 bridgehead atoms. The lowest BCUT2D eigenvalue weighted by Crippen LogP contribution is -2.50. The van der Waals surface area contributed by atoms with Crippen LogP contribution in [0.4, 0.5) is 8.78 Å². The minimum absolute atomic E-state index is 0. The molecular formula is C16H21Cl2F2N3O. The second-order valence-corrected chi connectivity index (χ2v) is 6.50. The van der Waals surface area contributed by atoms with Crippen LogP contribution in [0.1, 0.15) is 12.0 Å². The third-order valence-corrected chi connectivity index (χ3v) is 4.81. The number of benzene rings is 1. The summed E-state index contributed by atoms with van der Waals surface area (Å²) < 4.78 is 29.0. The van der Waals surface area contributed by atoms with Crippen molar-refractivity contribution in [2.45, 2.75) is 18.4 Å². The Kier molecular flexibility index (Phi) is 6.42. The van der Waals surface area contributed by atoms with Crippen molar-refractivity contribution in [2.24, 2.45) is 0 Å².